The van der Waals surface area contributed by atoms with Crippen LogP contribution in [-0.2, 0) is 4.79 Å². The summed E-state index contributed by atoms with van der Waals surface area (Å²) in [5.41, 5.74) is 1.29. The van der Waals surface area contributed by atoms with Crippen LogP contribution in [-0.4, -0.2) is 59.4 Å². The van der Waals surface area contributed by atoms with Crippen molar-refractivity contribution in [2.75, 3.05) is 32.8 Å². The van der Waals surface area contributed by atoms with Crippen molar-refractivity contribution in [2.24, 2.45) is 0 Å². The summed E-state index contributed by atoms with van der Waals surface area (Å²) in [4.78, 5) is 30.6. The Labute approximate surface area is 204 Å². The van der Waals surface area contributed by atoms with Gasteiger partial charge < -0.3 is 24.1 Å². The van der Waals surface area contributed by atoms with Crippen molar-refractivity contribution in [2.45, 2.75) is 19.9 Å². The molecule has 0 bridgehead atoms. The summed E-state index contributed by atoms with van der Waals surface area (Å²) in [6, 6.07) is 15.4. The highest BCUT2D eigenvalue weighted by Gasteiger charge is 2.44. The SMILES string of the molecule is C=CCOc1ccc(C2C(C(=O)c3cc4ccccc4o3)=C(O)C(=O)N2CCN(CC)CC)cc1. The fourth-order valence-corrected chi connectivity index (χ4v) is 4.38. The zero-order valence-corrected chi connectivity index (χ0v) is 20.1. The Hall–Kier alpha value is -3.84. The van der Waals surface area contributed by atoms with Crippen LogP contribution < -0.4 is 4.74 Å². The van der Waals surface area contributed by atoms with Crippen molar-refractivity contribution in [3.05, 3.63) is 89.9 Å². The molecule has 2 heterocycles. The van der Waals surface area contributed by atoms with Crippen LogP contribution in [0, 0.1) is 0 Å². The number of hydrogen-bond acceptors (Lipinski definition) is 6. The fraction of sp³-hybridized carbons (Fsp3) is 0.286. The Morgan fingerprint density at radius 1 is 1.17 bits per heavy atom. The summed E-state index contributed by atoms with van der Waals surface area (Å²) < 4.78 is 11.4. The van der Waals surface area contributed by atoms with E-state index in [-0.39, 0.29) is 11.3 Å². The van der Waals surface area contributed by atoms with E-state index in [9.17, 15) is 14.7 Å². The first-order valence-corrected chi connectivity index (χ1v) is 11.8. The van der Waals surface area contributed by atoms with Gasteiger partial charge in [0, 0.05) is 18.5 Å². The van der Waals surface area contributed by atoms with Crippen molar-refractivity contribution >= 4 is 22.7 Å². The molecular formula is C28H30N2O5. The summed E-state index contributed by atoms with van der Waals surface area (Å²) in [5, 5.41) is 11.7. The molecule has 1 atom stereocenters. The Morgan fingerprint density at radius 2 is 1.89 bits per heavy atom. The van der Waals surface area contributed by atoms with Crippen molar-refractivity contribution in [1.82, 2.24) is 9.80 Å². The summed E-state index contributed by atoms with van der Waals surface area (Å²) in [5.74, 6) is -0.872. The van der Waals surface area contributed by atoms with E-state index < -0.39 is 23.5 Å². The number of Topliss-reactive ketones (excluding diaryl/α,β-unsaturated/α-hetero) is 1. The van der Waals surface area contributed by atoms with Gasteiger partial charge in [0.15, 0.2) is 11.5 Å². The van der Waals surface area contributed by atoms with Gasteiger partial charge in [-0.2, -0.15) is 0 Å². The molecule has 0 saturated carbocycles. The minimum atomic E-state index is -0.743. The molecule has 1 amide bonds. The van der Waals surface area contributed by atoms with E-state index in [1.165, 1.54) is 0 Å². The maximum Gasteiger partial charge on any atom is 0.290 e. The average Bonchev–Trinajstić information content (AvgIpc) is 3.43. The second kappa shape index (κ2) is 10.6. The molecule has 182 valence electrons. The normalized spacial score (nSPS) is 15.9. The molecule has 4 rings (SSSR count). The first kappa shape index (κ1) is 24.3. The van der Waals surface area contributed by atoms with Crippen molar-refractivity contribution in [3.63, 3.8) is 0 Å². The van der Waals surface area contributed by atoms with Crippen LogP contribution in [0.15, 0.2) is 83.0 Å². The Kier molecular flexibility index (Phi) is 7.36. The quantitative estimate of drug-likeness (QED) is 0.314. The maximum atomic E-state index is 13.6. The number of ether oxygens (including phenoxy) is 1. The number of aliphatic hydroxyl groups excluding tert-OH is 1. The van der Waals surface area contributed by atoms with Gasteiger partial charge in [0.05, 0.1) is 11.6 Å². The third-order valence-electron chi connectivity index (χ3n) is 6.31. The molecule has 0 spiro atoms. The predicted molar refractivity (Wildman–Crippen MR) is 135 cm³/mol. The number of aliphatic hydroxyl groups is 1. The number of fused-ring (bicyclic) bond motifs is 1. The number of carbonyl (C=O) groups excluding carboxylic acids is 2. The third-order valence-corrected chi connectivity index (χ3v) is 6.31. The number of furan rings is 1. The number of nitrogens with zero attached hydrogens (tertiary/aromatic N) is 2. The molecule has 0 radical (unpaired) electrons. The van der Waals surface area contributed by atoms with Gasteiger partial charge in [-0.15, -0.1) is 0 Å². The second-order valence-corrected chi connectivity index (χ2v) is 8.34. The molecule has 1 N–H and O–H groups in total. The molecule has 7 heteroatoms. The highest BCUT2D eigenvalue weighted by Crippen LogP contribution is 2.40. The summed E-state index contributed by atoms with van der Waals surface area (Å²) >= 11 is 0. The lowest BCUT2D eigenvalue weighted by molar-refractivity contribution is -0.129. The Bertz CT molecular complexity index is 1220. The van der Waals surface area contributed by atoms with E-state index >= 15 is 0 Å². The van der Waals surface area contributed by atoms with Gasteiger partial charge in [0.25, 0.3) is 5.91 Å². The molecule has 1 aromatic heterocycles. The molecule has 3 aromatic rings. The van der Waals surface area contributed by atoms with Crippen molar-refractivity contribution < 1.29 is 23.8 Å². The number of hydrogen-bond donors (Lipinski definition) is 1. The van der Waals surface area contributed by atoms with Gasteiger partial charge in [-0.1, -0.05) is 56.8 Å². The zero-order valence-electron chi connectivity index (χ0n) is 20.1. The number of para-hydroxylation sites is 1. The topological polar surface area (TPSA) is 83.2 Å². The van der Waals surface area contributed by atoms with Crippen molar-refractivity contribution in [1.29, 1.82) is 0 Å². The van der Waals surface area contributed by atoms with Gasteiger partial charge in [-0.05, 0) is 42.9 Å². The molecule has 35 heavy (non-hydrogen) atoms. The molecule has 0 fully saturated rings. The summed E-state index contributed by atoms with van der Waals surface area (Å²) in [6.07, 6.45) is 1.66. The number of rotatable bonds is 11. The Balaban J connectivity index is 1.72. The molecule has 0 saturated heterocycles. The first-order chi connectivity index (χ1) is 17.0. The zero-order chi connectivity index (χ0) is 24.9. The monoisotopic (exact) mass is 474 g/mol. The molecule has 1 aliphatic rings. The van der Waals surface area contributed by atoms with Crippen LogP contribution in [0.5, 0.6) is 5.75 Å². The van der Waals surface area contributed by atoms with E-state index in [4.69, 9.17) is 9.15 Å². The summed E-state index contributed by atoms with van der Waals surface area (Å²) in [7, 11) is 0. The van der Waals surface area contributed by atoms with Crippen LogP contribution in [0.25, 0.3) is 11.0 Å². The molecule has 1 unspecified atom stereocenters. The van der Waals surface area contributed by atoms with Crippen LogP contribution in [0.3, 0.4) is 0 Å². The van der Waals surface area contributed by atoms with E-state index in [2.05, 4.69) is 25.3 Å². The fourth-order valence-electron chi connectivity index (χ4n) is 4.38. The maximum absolute atomic E-state index is 13.6. The average molecular weight is 475 g/mol. The van der Waals surface area contributed by atoms with Gasteiger partial charge in [0.2, 0.25) is 5.78 Å². The summed E-state index contributed by atoms with van der Waals surface area (Å²) in [6.45, 7) is 10.8. The largest absolute Gasteiger partial charge is 0.503 e. The smallest absolute Gasteiger partial charge is 0.290 e. The minimum absolute atomic E-state index is 0.0216. The molecule has 0 aliphatic carbocycles. The number of likely N-dealkylation sites (N-methyl/N-ethyl adjacent to an activating group) is 1. The number of ketones is 1. The lowest BCUT2D eigenvalue weighted by Gasteiger charge is -2.29. The first-order valence-electron chi connectivity index (χ1n) is 11.8. The molecular weight excluding hydrogens is 444 g/mol. The lowest BCUT2D eigenvalue weighted by Crippen LogP contribution is -2.38. The van der Waals surface area contributed by atoms with Gasteiger partial charge >= 0.3 is 0 Å². The minimum Gasteiger partial charge on any atom is -0.503 e. The highest BCUT2D eigenvalue weighted by molar-refractivity contribution is 6.16. The highest BCUT2D eigenvalue weighted by atomic mass is 16.5. The predicted octanol–water partition coefficient (Wildman–Crippen LogP) is 4.92. The standard InChI is InChI=1S/C28H30N2O5/c1-4-17-34-21-13-11-19(12-14-21)25-24(26(31)23-18-20-9-7-8-10-22(20)35-23)27(32)28(33)30(25)16-15-29(5-2)6-3/h4,7-14,18,25,32H,1,5-6,15-17H2,2-3H3. The van der Waals surface area contributed by atoms with Crippen LogP contribution >= 0.6 is 0 Å². The lowest BCUT2D eigenvalue weighted by atomic mass is 9.95. The van der Waals surface area contributed by atoms with Gasteiger partial charge in [-0.3, -0.25) is 9.59 Å². The van der Waals surface area contributed by atoms with Crippen LogP contribution in [0.2, 0.25) is 0 Å². The van der Waals surface area contributed by atoms with E-state index in [0.717, 1.165) is 18.5 Å². The molecule has 1 aliphatic heterocycles. The van der Waals surface area contributed by atoms with E-state index in [1.54, 1.807) is 35.2 Å². The van der Waals surface area contributed by atoms with Gasteiger partial charge in [0.1, 0.15) is 17.9 Å². The number of benzene rings is 2. The number of amides is 1. The van der Waals surface area contributed by atoms with Crippen LogP contribution in [0.1, 0.15) is 36.0 Å². The van der Waals surface area contributed by atoms with E-state index in [0.29, 0.717) is 36.6 Å². The van der Waals surface area contributed by atoms with E-state index in [1.807, 2.05) is 30.3 Å². The number of carbonyl (C=O) groups is 2. The second-order valence-electron chi connectivity index (χ2n) is 8.34. The van der Waals surface area contributed by atoms with Gasteiger partial charge in [-0.25, -0.2) is 0 Å². The third kappa shape index (κ3) is 4.86. The van der Waals surface area contributed by atoms with Crippen LogP contribution in [0.4, 0.5) is 0 Å². The van der Waals surface area contributed by atoms with Crippen molar-refractivity contribution in [3.8, 4) is 5.75 Å². The Morgan fingerprint density at radius 3 is 2.54 bits per heavy atom. The molecule has 2 aromatic carbocycles. The molecule has 7 nitrogen and oxygen atoms in total.